The van der Waals surface area contributed by atoms with Gasteiger partial charge in [0.05, 0.1) is 19.9 Å². The smallest absolute Gasteiger partial charge is 0.277 e. The van der Waals surface area contributed by atoms with Gasteiger partial charge in [-0.25, -0.2) is 0 Å². The molecule has 6 nitrogen and oxygen atoms in total. The largest absolute Gasteiger partial charge is 0.493 e. The van der Waals surface area contributed by atoms with Crippen molar-refractivity contribution >= 4 is 40.3 Å². The Morgan fingerprint density at radius 3 is 2.96 bits per heavy atom. The number of methoxy groups -OCH3 is 1. The van der Waals surface area contributed by atoms with Crippen LogP contribution in [0, 0.1) is 0 Å². The highest BCUT2D eigenvalue weighted by Gasteiger charge is 2.31. The summed E-state index contributed by atoms with van der Waals surface area (Å²) >= 11 is 5.25. The lowest BCUT2D eigenvalue weighted by Crippen LogP contribution is -2.29. The summed E-state index contributed by atoms with van der Waals surface area (Å²) < 4.78 is 16.4. The first-order chi connectivity index (χ1) is 12.2. The van der Waals surface area contributed by atoms with Crippen molar-refractivity contribution in [2.24, 2.45) is 0 Å². The van der Waals surface area contributed by atoms with Crippen molar-refractivity contribution in [2.45, 2.75) is 6.54 Å². The lowest BCUT2D eigenvalue weighted by atomic mass is 10.2. The molecule has 1 aliphatic rings. The van der Waals surface area contributed by atoms with E-state index in [0.717, 1.165) is 5.39 Å². The molecule has 1 fully saturated rings. The average molecular weight is 354 g/mol. The van der Waals surface area contributed by atoms with Gasteiger partial charge in [0.25, 0.3) is 5.91 Å². The summed E-state index contributed by atoms with van der Waals surface area (Å²) in [5, 5.41) is 4.15. The zero-order valence-electron chi connectivity index (χ0n) is 13.3. The third-order valence-electron chi connectivity index (χ3n) is 3.89. The maximum Gasteiger partial charge on any atom is 0.277 e. The van der Waals surface area contributed by atoms with Crippen LogP contribution >= 0.6 is 12.2 Å². The molecule has 0 aliphatic carbocycles. The first-order valence-corrected chi connectivity index (χ1v) is 8.00. The van der Waals surface area contributed by atoms with E-state index in [0.29, 0.717) is 33.7 Å². The van der Waals surface area contributed by atoms with Gasteiger partial charge >= 0.3 is 0 Å². The molecule has 0 atom stereocenters. The predicted molar refractivity (Wildman–Crippen MR) is 95.7 cm³/mol. The van der Waals surface area contributed by atoms with Gasteiger partial charge in [0.1, 0.15) is 17.2 Å². The van der Waals surface area contributed by atoms with Gasteiger partial charge in [0.15, 0.2) is 16.4 Å². The Morgan fingerprint density at radius 1 is 1.32 bits per heavy atom. The van der Waals surface area contributed by atoms with E-state index in [4.69, 9.17) is 25.8 Å². The molecule has 25 heavy (non-hydrogen) atoms. The second kappa shape index (κ2) is 6.10. The minimum absolute atomic E-state index is 0.228. The maximum atomic E-state index is 12.6. The first kappa shape index (κ1) is 15.5. The van der Waals surface area contributed by atoms with E-state index in [1.165, 1.54) is 4.90 Å². The molecule has 3 aromatic rings. The van der Waals surface area contributed by atoms with Crippen molar-refractivity contribution < 1.29 is 18.4 Å². The van der Waals surface area contributed by atoms with Crippen molar-refractivity contribution in [1.29, 1.82) is 0 Å². The van der Waals surface area contributed by atoms with Crippen LogP contribution in [0.5, 0.6) is 5.75 Å². The minimum Gasteiger partial charge on any atom is -0.493 e. The molecular formula is C18H14N2O4S. The second-order valence-corrected chi connectivity index (χ2v) is 5.87. The Hall–Kier alpha value is -3.06. The summed E-state index contributed by atoms with van der Waals surface area (Å²) in [7, 11) is 1.59. The van der Waals surface area contributed by atoms with Crippen molar-refractivity contribution in [1.82, 2.24) is 10.2 Å². The van der Waals surface area contributed by atoms with E-state index in [2.05, 4.69) is 5.32 Å². The van der Waals surface area contributed by atoms with Crippen LogP contribution in [-0.2, 0) is 11.3 Å². The van der Waals surface area contributed by atoms with E-state index in [-0.39, 0.29) is 12.5 Å². The highest BCUT2D eigenvalue weighted by molar-refractivity contribution is 7.80. The monoisotopic (exact) mass is 354 g/mol. The SMILES string of the molecule is COc1cccc2cc(C=C3NC(=S)N(Cc4ccco4)C3=O)oc12. The van der Waals surface area contributed by atoms with Gasteiger partial charge < -0.3 is 18.9 Å². The van der Waals surface area contributed by atoms with Crippen molar-refractivity contribution in [3.8, 4) is 5.75 Å². The molecule has 0 unspecified atom stereocenters. The molecule has 1 saturated heterocycles. The molecule has 7 heteroatoms. The van der Waals surface area contributed by atoms with Crippen LogP contribution in [0.4, 0.5) is 0 Å². The zero-order valence-corrected chi connectivity index (χ0v) is 14.1. The molecule has 0 saturated carbocycles. The van der Waals surface area contributed by atoms with Crippen molar-refractivity contribution in [2.75, 3.05) is 7.11 Å². The molecule has 0 bridgehead atoms. The van der Waals surface area contributed by atoms with Crippen molar-refractivity contribution in [3.05, 3.63) is 59.9 Å². The van der Waals surface area contributed by atoms with Gasteiger partial charge in [-0.2, -0.15) is 0 Å². The topological polar surface area (TPSA) is 67.8 Å². The van der Waals surface area contributed by atoms with E-state index < -0.39 is 0 Å². The number of nitrogens with zero attached hydrogens (tertiary/aromatic N) is 1. The van der Waals surface area contributed by atoms with Gasteiger partial charge in [-0.3, -0.25) is 9.69 Å². The van der Waals surface area contributed by atoms with Gasteiger partial charge in [-0.15, -0.1) is 0 Å². The van der Waals surface area contributed by atoms with Crippen molar-refractivity contribution in [3.63, 3.8) is 0 Å². The quantitative estimate of drug-likeness (QED) is 0.573. The molecule has 0 radical (unpaired) electrons. The number of rotatable bonds is 4. The fourth-order valence-electron chi connectivity index (χ4n) is 2.70. The first-order valence-electron chi connectivity index (χ1n) is 7.59. The zero-order chi connectivity index (χ0) is 17.4. The number of carbonyl (C=O) groups excluding carboxylic acids is 1. The summed E-state index contributed by atoms with van der Waals surface area (Å²) in [6, 6.07) is 11.0. The number of amides is 1. The Balaban J connectivity index is 1.63. The normalized spacial score (nSPS) is 16.0. The Bertz CT molecular complexity index is 988. The van der Waals surface area contributed by atoms with E-state index in [9.17, 15) is 4.79 Å². The van der Waals surface area contributed by atoms with Crippen LogP contribution in [0.2, 0.25) is 0 Å². The summed E-state index contributed by atoms with van der Waals surface area (Å²) in [5.74, 6) is 1.61. The number of para-hydroxylation sites is 1. The van der Waals surface area contributed by atoms with Crippen LogP contribution in [0.3, 0.4) is 0 Å². The van der Waals surface area contributed by atoms with Crippen LogP contribution in [0.25, 0.3) is 17.0 Å². The highest BCUT2D eigenvalue weighted by Crippen LogP contribution is 2.29. The fourth-order valence-corrected chi connectivity index (χ4v) is 2.96. The van der Waals surface area contributed by atoms with Crippen LogP contribution < -0.4 is 10.1 Å². The van der Waals surface area contributed by atoms with Crippen LogP contribution in [0.15, 0.2) is 57.2 Å². The number of nitrogens with one attached hydrogen (secondary N) is 1. The number of furan rings is 2. The molecule has 1 aromatic carbocycles. The Kier molecular flexibility index (Phi) is 3.77. The van der Waals surface area contributed by atoms with E-state index in [1.54, 1.807) is 31.6 Å². The van der Waals surface area contributed by atoms with Crippen LogP contribution in [0.1, 0.15) is 11.5 Å². The lowest BCUT2D eigenvalue weighted by molar-refractivity contribution is -0.122. The number of fused-ring (bicyclic) bond motifs is 1. The predicted octanol–water partition coefficient (Wildman–Crippen LogP) is 3.29. The van der Waals surface area contributed by atoms with Gasteiger partial charge in [0, 0.05) is 11.5 Å². The molecule has 0 spiro atoms. The molecular weight excluding hydrogens is 340 g/mol. The Labute approximate surface area is 148 Å². The minimum atomic E-state index is -0.228. The fraction of sp³-hybridized carbons (Fsp3) is 0.111. The third kappa shape index (κ3) is 2.78. The summed E-state index contributed by atoms with van der Waals surface area (Å²) in [6.45, 7) is 0.281. The summed E-state index contributed by atoms with van der Waals surface area (Å²) in [6.07, 6.45) is 3.20. The summed E-state index contributed by atoms with van der Waals surface area (Å²) in [4.78, 5) is 14.0. The number of thiocarbonyl (C=S) groups is 1. The standard InChI is InChI=1S/C18H14N2O4S/c1-22-15-6-2-4-11-8-13(24-16(11)15)9-14-17(21)20(18(25)19-14)10-12-5-3-7-23-12/h2-9H,10H2,1H3,(H,19,25). The molecule has 1 N–H and O–H groups in total. The third-order valence-corrected chi connectivity index (χ3v) is 4.21. The lowest BCUT2D eigenvalue weighted by Gasteiger charge is -2.11. The number of hydrogen-bond donors (Lipinski definition) is 1. The summed E-state index contributed by atoms with van der Waals surface area (Å²) in [5.41, 5.74) is 0.992. The number of carbonyl (C=O) groups is 1. The number of benzene rings is 1. The molecule has 2 aromatic heterocycles. The average Bonchev–Trinajstić information content (AvgIpc) is 3.31. The molecule has 1 aliphatic heterocycles. The Morgan fingerprint density at radius 2 is 2.20 bits per heavy atom. The second-order valence-electron chi connectivity index (χ2n) is 5.49. The molecule has 4 rings (SSSR count). The van der Waals surface area contributed by atoms with Gasteiger partial charge in [-0.05, 0) is 36.5 Å². The van der Waals surface area contributed by atoms with Gasteiger partial charge in [0.2, 0.25) is 0 Å². The molecule has 126 valence electrons. The molecule has 3 heterocycles. The van der Waals surface area contributed by atoms with E-state index in [1.807, 2.05) is 24.3 Å². The number of ether oxygens (including phenoxy) is 1. The number of hydrogen-bond acceptors (Lipinski definition) is 5. The van der Waals surface area contributed by atoms with E-state index >= 15 is 0 Å². The van der Waals surface area contributed by atoms with Crippen LogP contribution in [-0.4, -0.2) is 23.0 Å². The van der Waals surface area contributed by atoms with Gasteiger partial charge in [-0.1, -0.05) is 12.1 Å². The highest BCUT2D eigenvalue weighted by atomic mass is 32.1. The maximum absolute atomic E-state index is 12.6. The molecule has 1 amide bonds.